The van der Waals surface area contributed by atoms with Crippen molar-refractivity contribution in [2.24, 2.45) is 0 Å². The molecule has 0 bridgehead atoms. The summed E-state index contributed by atoms with van der Waals surface area (Å²) in [6.45, 7) is 8.10. The van der Waals surface area contributed by atoms with Crippen molar-refractivity contribution < 1.29 is 0 Å². The number of aryl methyl sites for hydroxylation is 4. The molecular weight excluding hydrogens is 348 g/mol. The van der Waals surface area contributed by atoms with Crippen molar-refractivity contribution in [1.82, 2.24) is 30.4 Å². The Morgan fingerprint density at radius 1 is 0.679 bits per heavy atom. The van der Waals surface area contributed by atoms with Crippen molar-refractivity contribution in [3.05, 3.63) is 71.3 Å². The standard InChI is InChI=1S/C22H20N6/c1-13-8-15(3)25-19(10-13)17-12-24-28-22(18-6-5-7-23-27-18)21(17)20-11-14(2)9-16(4)26-20/h5-12H,1-4H3. The lowest BCUT2D eigenvalue weighted by atomic mass is 9.97. The van der Waals surface area contributed by atoms with Crippen molar-refractivity contribution in [2.45, 2.75) is 27.7 Å². The first kappa shape index (κ1) is 17.9. The topological polar surface area (TPSA) is 77.3 Å². The van der Waals surface area contributed by atoms with Gasteiger partial charge in [0.05, 0.1) is 17.6 Å². The highest BCUT2D eigenvalue weighted by atomic mass is 15.1. The summed E-state index contributed by atoms with van der Waals surface area (Å²) >= 11 is 0. The molecule has 4 aromatic heterocycles. The second-order valence-electron chi connectivity index (χ2n) is 6.93. The van der Waals surface area contributed by atoms with Crippen LogP contribution in [-0.4, -0.2) is 30.4 Å². The molecule has 0 amide bonds. The molecule has 4 aromatic rings. The smallest absolute Gasteiger partial charge is 0.123 e. The number of aromatic nitrogens is 6. The number of hydrogen-bond acceptors (Lipinski definition) is 6. The number of hydrogen-bond donors (Lipinski definition) is 0. The summed E-state index contributed by atoms with van der Waals surface area (Å²) in [6, 6.07) is 11.9. The van der Waals surface area contributed by atoms with E-state index >= 15 is 0 Å². The molecule has 6 heteroatoms. The zero-order valence-electron chi connectivity index (χ0n) is 16.3. The highest BCUT2D eigenvalue weighted by Gasteiger charge is 2.20. The molecule has 0 aliphatic heterocycles. The Morgan fingerprint density at radius 2 is 1.36 bits per heavy atom. The molecule has 0 aliphatic rings. The van der Waals surface area contributed by atoms with Gasteiger partial charge in [0.15, 0.2) is 0 Å². The zero-order chi connectivity index (χ0) is 19.7. The van der Waals surface area contributed by atoms with Gasteiger partial charge in [0.2, 0.25) is 0 Å². The lowest BCUT2D eigenvalue weighted by Gasteiger charge is -2.14. The third-order valence-corrected chi connectivity index (χ3v) is 4.39. The van der Waals surface area contributed by atoms with Crippen molar-refractivity contribution in [2.75, 3.05) is 0 Å². The van der Waals surface area contributed by atoms with Crippen LogP contribution in [0.1, 0.15) is 22.5 Å². The van der Waals surface area contributed by atoms with E-state index in [1.165, 1.54) is 0 Å². The third-order valence-electron chi connectivity index (χ3n) is 4.39. The quantitative estimate of drug-likeness (QED) is 0.537. The molecule has 0 atom stereocenters. The van der Waals surface area contributed by atoms with Gasteiger partial charge in [-0.1, -0.05) is 0 Å². The molecule has 0 fully saturated rings. The average molecular weight is 368 g/mol. The Labute approximate surface area is 163 Å². The average Bonchev–Trinajstić information content (AvgIpc) is 2.66. The molecule has 4 rings (SSSR count). The minimum absolute atomic E-state index is 0.643. The predicted octanol–water partition coefficient (Wildman–Crippen LogP) is 4.29. The molecule has 0 saturated carbocycles. The fourth-order valence-electron chi connectivity index (χ4n) is 3.40. The summed E-state index contributed by atoms with van der Waals surface area (Å²) in [6.07, 6.45) is 3.39. The Bertz CT molecular complexity index is 1110. The van der Waals surface area contributed by atoms with E-state index in [0.29, 0.717) is 11.4 Å². The number of nitrogens with zero attached hydrogens (tertiary/aromatic N) is 6. The van der Waals surface area contributed by atoms with Crippen LogP contribution in [0.25, 0.3) is 33.9 Å². The molecule has 0 aromatic carbocycles. The first-order valence-corrected chi connectivity index (χ1v) is 9.06. The van der Waals surface area contributed by atoms with Crippen LogP contribution in [0.15, 0.2) is 48.8 Å². The SMILES string of the molecule is Cc1cc(C)nc(-c2cnnc(-c3cccnn3)c2-c2cc(C)cc(C)n2)c1. The maximum Gasteiger partial charge on any atom is 0.123 e. The van der Waals surface area contributed by atoms with Gasteiger partial charge in [-0.05, 0) is 75.2 Å². The molecule has 0 N–H and O–H groups in total. The van der Waals surface area contributed by atoms with E-state index in [-0.39, 0.29) is 0 Å². The number of pyridine rings is 2. The van der Waals surface area contributed by atoms with Gasteiger partial charge in [0, 0.05) is 28.7 Å². The van der Waals surface area contributed by atoms with Gasteiger partial charge < -0.3 is 0 Å². The van der Waals surface area contributed by atoms with Crippen LogP contribution in [0.5, 0.6) is 0 Å². The van der Waals surface area contributed by atoms with Gasteiger partial charge in [-0.15, -0.1) is 10.2 Å². The second-order valence-corrected chi connectivity index (χ2v) is 6.93. The predicted molar refractivity (Wildman–Crippen MR) is 108 cm³/mol. The van der Waals surface area contributed by atoms with Gasteiger partial charge in [-0.25, -0.2) is 0 Å². The second kappa shape index (κ2) is 7.23. The van der Waals surface area contributed by atoms with Crippen molar-refractivity contribution in [3.63, 3.8) is 0 Å². The van der Waals surface area contributed by atoms with Gasteiger partial charge >= 0.3 is 0 Å². The van der Waals surface area contributed by atoms with Gasteiger partial charge in [0.1, 0.15) is 11.4 Å². The Kier molecular flexibility index (Phi) is 4.61. The summed E-state index contributed by atoms with van der Waals surface area (Å²) in [5.74, 6) is 0. The van der Waals surface area contributed by atoms with Crippen LogP contribution in [0.2, 0.25) is 0 Å². The van der Waals surface area contributed by atoms with Gasteiger partial charge in [0.25, 0.3) is 0 Å². The third kappa shape index (κ3) is 3.49. The molecule has 0 saturated heterocycles. The molecule has 0 spiro atoms. The Morgan fingerprint density at radius 3 is 2.00 bits per heavy atom. The van der Waals surface area contributed by atoms with Crippen LogP contribution in [0, 0.1) is 27.7 Å². The van der Waals surface area contributed by atoms with Crippen molar-refractivity contribution in [1.29, 1.82) is 0 Å². The maximum atomic E-state index is 4.78. The van der Waals surface area contributed by atoms with E-state index in [4.69, 9.17) is 9.97 Å². The molecule has 0 unspecified atom stereocenters. The normalized spacial score (nSPS) is 10.9. The van der Waals surface area contributed by atoms with Gasteiger partial charge in [-0.3, -0.25) is 9.97 Å². The van der Waals surface area contributed by atoms with Crippen LogP contribution in [0.4, 0.5) is 0 Å². The molecule has 4 heterocycles. The highest BCUT2D eigenvalue weighted by molar-refractivity contribution is 5.89. The first-order valence-electron chi connectivity index (χ1n) is 9.06. The van der Waals surface area contributed by atoms with Crippen molar-refractivity contribution in [3.8, 4) is 33.9 Å². The summed E-state index contributed by atoms with van der Waals surface area (Å²) in [4.78, 5) is 9.52. The summed E-state index contributed by atoms with van der Waals surface area (Å²) < 4.78 is 0. The molecule has 28 heavy (non-hydrogen) atoms. The molecule has 138 valence electrons. The fourth-order valence-corrected chi connectivity index (χ4v) is 3.40. The maximum absolute atomic E-state index is 4.78. The molecule has 0 aliphatic carbocycles. The molecule has 0 radical (unpaired) electrons. The summed E-state index contributed by atoms with van der Waals surface area (Å²) in [5.41, 5.74) is 8.85. The van der Waals surface area contributed by atoms with E-state index in [9.17, 15) is 0 Å². The van der Waals surface area contributed by atoms with E-state index in [1.54, 1.807) is 12.4 Å². The van der Waals surface area contributed by atoms with E-state index in [1.807, 2.05) is 26.0 Å². The largest absolute Gasteiger partial charge is 0.253 e. The molecular formula is C22H20N6. The molecule has 6 nitrogen and oxygen atoms in total. The minimum Gasteiger partial charge on any atom is -0.253 e. The van der Waals surface area contributed by atoms with E-state index in [0.717, 1.165) is 45.0 Å². The highest BCUT2D eigenvalue weighted by Crippen LogP contribution is 2.36. The van der Waals surface area contributed by atoms with Crippen molar-refractivity contribution >= 4 is 0 Å². The Hall–Kier alpha value is -3.54. The first-order chi connectivity index (χ1) is 13.5. The van der Waals surface area contributed by atoms with Gasteiger partial charge in [-0.2, -0.15) is 10.2 Å². The monoisotopic (exact) mass is 368 g/mol. The lowest BCUT2D eigenvalue weighted by Crippen LogP contribution is -2.02. The lowest BCUT2D eigenvalue weighted by molar-refractivity contribution is 0.987. The van der Waals surface area contributed by atoms with Crippen LogP contribution in [-0.2, 0) is 0 Å². The van der Waals surface area contributed by atoms with Crippen LogP contribution in [0.3, 0.4) is 0 Å². The summed E-state index contributed by atoms with van der Waals surface area (Å²) in [7, 11) is 0. The van der Waals surface area contributed by atoms with E-state index < -0.39 is 0 Å². The summed E-state index contributed by atoms with van der Waals surface area (Å²) in [5, 5.41) is 16.9. The zero-order valence-corrected chi connectivity index (χ0v) is 16.3. The number of rotatable bonds is 3. The van der Waals surface area contributed by atoms with E-state index in [2.05, 4.69) is 58.5 Å². The minimum atomic E-state index is 0.643. The fraction of sp³-hybridized carbons (Fsp3) is 0.182. The Balaban J connectivity index is 2.07. The van der Waals surface area contributed by atoms with Crippen LogP contribution >= 0.6 is 0 Å². The van der Waals surface area contributed by atoms with Crippen LogP contribution < -0.4 is 0 Å².